The molecule has 1 fully saturated rings. The molecule has 0 aliphatic carbocycles. The number of ketones is 1. The van der Waals surface area contributed by atoms with E-state index < -0.39 is 35.7 Å². The Hall–Kier alpha value is -3.59. The quantitative estimate of drug-likeness (QED) is 0.532. The van der Waals surface area contributed by atoms with E-state index in [-0.39, 0.29) is 16.9 Å². The maximum Gasteiger partial charge on any atom is 0.437 e. The van der Waals surface area contributed by atoms with E-state index in [0.717, 1.165) is 0 Å². The minimum absolute atomic E-state index is 0.0395. The predicted octanol–water partition coefficient (Wildman–Crippen LogP) is 3.95. The van der Waals surface area contributed by atoms with E-state index in [1.807, 2.05) is 0 Å². The molecule has 0 bridgehead atoms. The van der Waals surface area contributed by atoms with Crippen molar-refractivity contribution in [3.8, 4) is 5.75 Å². The van der Waals surface area contributed by atoms with E-state index in [1.165, 1.54) is 36.7 Å². The fourth-order valence-electron chi connectivity index (χ4n) is 4.14. The van der Waals surface area contributed by atoms with Crippen LogP contribution in [-0.4, -0.2) is 35.9 Å². The van der Waals surface area contributed by atoms with Gasteiger partial charge in [0.05, 0.1) is 13.2 Å². The molecule has 3 N–H and O–H groups in total. The third-order valence-electron chi connectivity index (χ3n) is 5.61. The molecule has 32 heavy (non-hydrogen) atoms. The van der Waals surface area contributed by atoms with Crippen molar-refractivity contribution >= 4 is 22.6 Å². The second-order valence-corrected chi connectivity index (χ2v) is 7.45. The maximum absolute atomic E-state index is 14.1. The molecule has 0 radical (unpaired) electrons. The molecule has 1 aliphatic rings. The van der Waals surface area contributed by atoms with E-state index in [1.54, 1.807) is 42.5 Å². The van der Waals surface area contributed by atoms with Crippen LogP contribution in [-0.2, 0) is 0 Å². The number of hydrogen-bond donors (Lipinski definition) is 3. The Morgan fingerprint density at radius 1 is 1.03 bits per heavy atom. The van der Waals surface area contributed by atoms with Crippen molar-refractivity contribution in [3.05, 3.63) is 77.9 Å². The average molecular weight is 444 g/mol. The lowest BCUT2D eigenvalue weighted by atomic mass is 9.76. The molecule has 166 valence electrons. The number of urea groups is 1. The number of aliphatic hydroxyl groups is 1. The van der Waals surface area contributed by atoms with Gasteiger partial charge in [-0.1, -0.05) is 60.7 Å². The maximum atomic E-state index is 14.1. The third kappa shape index (κ3) is 3.44. The van der Waals surface area contributed by atoms with Gasteiger partial charge in [-0.2, -0.15) is 13.2 Å². The van der Waals surface area contributed by atoms with Crippen LogP contribution in [0.25, 0.3) is 10.8 Å². The number of alkyl halides is 3. The van der Waals surface area contributed by atoms with Crippen LogP contribution in [0.4, 0.5) is 18.0 Å². The number of benzene rings is 3. The Bertz CT molecular complexity index is 1180. The summed E-state index contributed by atoms with van der Waals surface area (Å²) in [4.78, 5) is 25.7. The Balaban J connectivity index is 2.00. The second-order valence-electron chi connectivity index (χ2n) is 7.45. The zero-order chi connectivity index (χ0) is 23.1. The van der Waals surface area contributed by atoms with Gasteiger partial charge in [0.1, 0.15) is 11.7 Å². The van der Waals surface area contributed by atoms with Gasteiger partial charge in [-0.25, -0.2) is 4.79 Å². The van der Waals surface area contributed by atoms with Gasteiger partial charge in [0.25, 0.3) is 0 Å². The highest BCUT2D eigenvalue weighted by Crippen LogP contribution is 2.47. The van der Waals surface area contributed by atoms with Gasteiger partial charge in [0.15, 0.2) is 5.78 Å². The summed E-state index contributed by atoms with van der Waals surface area (Å²) in [6.45, 7) is 0. The summed E-state index contributed by atoms with van der Waals surface area (Å²) < 4.78 is 47.8. The smallest absolute Gasteiger partial charge is 0.437 e. The van der Waals surface area contributed by atoms with Crippen LogP contribution in [0.2, 0.25) is 0 Å². The first-order valence-electron chi connectivity index (χ1n) is 9.70. The molecule has 0 saturated carbocycles. The molecule has 3 aromatic carbocycles. The van der Waals surface area contributed by atoms with Crippen molar-refractivity contribution in [3.63, 3.8) is 0 Å². The molecule has 2 amide bonds. The van der Waals surface area contributed by atoms with Crippen LogP contribution < -0.4 is 15.4 Å². The van der Waals surface area contributed by atoms with Crippen molar-refractivity contribution in [1.29, 1.82) is 0 Å². The Kier molecular flexibility index (Phi) is 5.29. The molecule has 1 saturated heterocycles. The molecule has 0 spiro atoms. The number of hydrogen-bond acceptors (Lipinski definition) is 4. The van der Waals surface area contributed by atoms with Gasteiger partial charge in [0.2, 0.25) is 5.72 Å². The van der Waals surface area contributed by atoms with E-state index in [4.69, 9.17) is 4.74 Å². The molecular weight excluding hydrogens is 425 g/mol. The van der Waals surface area contributed by atoms with Crippen LogP contribution >= 0.6 is 0 Å². The van der Waals surface area contributed by atoms with Crippen molar-refractivity contribution in [2.75, 3.05) is 7.11 Å². The van der Waals surface area contributed by atoms with Crippen LogP contribution in [0.1, 0.15) is 22.0 Å². The van der Waals surface area contributed by atoms with Gasteiger partial charge < -0.3 is 20.5 Å². The first kappa shape index (κ1) is 21.6. The van der Waals surface area contributed by atoms with Gasteiger partial charge in [-0.15, -0.1) is 0 Å². The summed E-state index contributed by atoms with van der Waals surface area (Å²) in [7, 11) is 1.33. The first-order valence-corrected chi connectivity index (χ1v) is 9.70. The molecule has 9 heteroatoms. The largest absolute Gasteiger partial charge is 0.496 e. The number of carbonyl (C=O) groups is 2. The monoisotopic (exact) mass is 444 g/mol. The fourth-order valence-corrected chi connectivity index (χ4v) is 4.14. The molecule has 0 aromatic heterocycles. The third-order valence-corrected chi connectivity index (χ3v) is 5.61. The van der Waals surface area contributed by atoms with Gasteiger partial charge in [-0.3, -0.25) is 4.79 Å². The molecule has 6 nitrogen and oxygen atoms in total. The van der Waals surface area contributed by atoms with Crippen molar-refractivity contribution in [1.82, 2.24) is 10.6 Å². The predicted molar refractivity (Wildman–Crippen MR) is 110 cm³/mol. The second kappa shape index (κ2) is 7.83. The van der Waals surface area contributed by atoms with Crippen LogP contribution in [0.15, 0.2) is 66.7 Å². The number of ether oxygens (including phenoxy) is 1. The molecule has 1 aliphatic heterocycles. The van der Waals surface area contributed by atoms with Crippen molar-refractivity contribution < 1.29 is 32.6 Å². The number of amides is 2. The number of fused-ring (bicyclic) bond motifs is 1. The zero-order valence-electron chi connectivity index (χ0n) is 16.8. The molecule has 3 aromatic rings. The lowest BCUT2D eigenvalue weighted by Gasteiger charge is -2.45. The minimum atomic E-state index is -5.34. The van der Waals surface area contributed by atoms with Gasteiger partial charge >= 0.3 is 12.2 Å². The van der Waals surface area contributed by atoms with Gasteiger partial charge in [0, 0.05) is 11.1 Å². The van der Waals surface area contributed by atoms with Crippen LogP contribution in [0, 0.1) is 5.92 Å². The van der Waals surface area contributed by atoms with E-state index in [0.29, 0.717) is 10.8 Å². The van der Waals surface area contributed by atoms with Gasteiger partial charge in [-0.05, 0) is 16.8 Å². The van der Waals surface area contributed by atoms with Crippen molar-refractivity contribution in [2.24, 2.45) is 5.92 Å². The van der Waals surface area contributed by atoms with E-state index >= 15 is 0 Å². The number of Topliss-reactive ketones (excluding diaryl/α,β-unsaturated/α-hetero) is 1. The molecule has 3 atom stereocenters. The summed E-state index contributed by atoms with van der Waals surface area (Å²) >= 11 is 0. The van der Waals surface area contributed by atoms with Crippen LogP contribution in [0.3, 0.4) is 0 Å². The van der Waals surface area contributed by atoms with E-state index in [9.17, 15) is 27.9 Å². The number of methoxy groups -OCH3 is 1. The van der Waals surface area contributed by atoms with Crippen molar-refractivity contribution in [2.45, 2.75) is 17.9 Å². The molecule has 3 unspecified atom stereocenters. The Labute approximate surface area is 181 Å². The first-order chi connectivity index (χ1) is 15.2. The van der Waals surface area contributed by atoms with E-state index in [2.05, 4.69) is 5.32 Å². The lowest BCUT2D eigenvalue weighted by molar-refractivity contribution is -0.287. The highest BCUT2D eigenvalue weighted by molar-refractivity contribution is 6.01. The van der Waals surface area contributed by atoms with Crippen LogP contribution in [0.5, 0.6) is 5.75 Å². The summed E-state index contributed by atoms with van der Waals surface area (Å²) in [6.07, 6.45) is -5.34. The fraction of sp³-hybridized carbons (Fsp3) is 0.217. The zero-order valence-corrected chi connectivity index (χ0v) is 16.8. The summed E-state index contributed by atoms with van der Waals surface area (Å²) in [5.74, 6) is -2.95. The summed E-state index contributed by atoms with van der Waals surface area (Å²) in [6, 6.07) is 14.6. The lowest BCUT2D eigenvalue weighted by Crippen LogP contribution is -2.72. The highest BCUT2D eigenvalue weighted by atomic mass is 19.4. The number of rotatable bonds is 4. The number of carbonyl (C=O) groups excluding carboxylic acids is 2. The normalized spacial score (nSPS) is 23.3. The SMILES string of the molecule is COc1ccc2ccccc2c1C1NC(=O)NC(O)(C(F)(F)F)C1C(=O)c1ccccc1. The number of nitrogens with one attached hydrogen (secondary N) is 2. The molecular formula is C23H19F3N2O4. The standard InChI is InChI=1S/C23H19F3N2O4/c1-32-16-12-11-13-7-5-6-10-15(13)17(16)19-18(20(29)14-8-3-2-4-9-14)22(31,23(24,25)26)28-21(30)27-19/h2-12,18-19,31H,1H3,(H2,27,28,30). The molecule has 1 heterocycles. The Morgan fingerprint density at radius 2 is 1.69 bits per heavy atom. The number of halogens is 3. The Morgan fingerprint density at radius 3 is 2.34 bits per heavy atom. The summed E-state index contributed by atoms with van der Waals surface area (Å²) in [5.41, 5.74) is -3.69. The topological polar surface area (TPSA) is 87.7 Å². The summed E-state index contributed by atoms with van der Waals surface area (Å²) in [5, 5.41) is 15.9. The highest BCUT2D eigenvalue weighted by Gasteiger charge is 2.66. The molecule has 4 rings (SSSR count). The minimum Gasteiger partial charge on any atom is -0.496 e. The average Bonchev–Trinajstić information content (AvgIpc) is 2.77.